The zero-order chi connectivity index (χ0) is 16.0. The van der Waals surface area contributed by atoms with Crippen molar-refractivity contribution < 1.29 is 24.6 Å². The van der Waals surface area contributed by atoms with Crippen molar-refractivity contribution >= 4 is 17.8 Å². The molecule has 0 saturated carbocycles. The molecule has 3 N–H and O–H groups in total. The van der Waals surface area contributed by atoms with Crippen molar-refractivity contribution in [3.05, 3.63) is 29.8 Å². The van der Waals surface area contributed by atoms with E-state index in [4.69, 9.17) is 5.11 Å². The minimum atomic E-state index is -1.17. The highest BCUT2D eigenvalue weighted by atomic mass is 16.4. The summed E-state index contributed by atoms with van der Waals surface area (Å²) in [5.41, 5.74) is 0.0217. The van der Waals surface area contributed by atoms with Crippen molar-refractivity contribution in [1.29, 1.82) is 0 Å². The predicted molar refractivity (Wildman–Crippen MR) is 74.9 cm³/mol. The van der Waals surface area contributed by atoms with E-state index in [1.54, 1.807) is 12.1 Å². The molecular weight excluding hydrogens is 276 g/mol. The van der Waals surface area contributed by atoms with Crippen LogP contribution in [0.2, 0.25) is 0 Å². The average molecular weight is 294 g/mol. The lowest BCUT2D eigenvalue weighted by Crippen LogP contribution is -2.46. The van der Waals surface area contributed by atoms with Gasteiger partial charge in [0.1, 0.15) is 11.8 Å². The maximum Gasteiger partial charge on any atom is 0.326 e. The van der Waals surface area contributed by atoms with Crippen molar-refractivity contribution in [3.63, 3.8) is 0 Å². The largest absolute Gasteiger partial charge is 0.507 e. The van der Waals surface area contributed by atoms with Crippen LogP contribution in [0.3, 0.4) is 0 Å². The van der Waals surface area contributed by atoms with Gasteiger partial charge in [-0.3, -0.25) is 9.59 Å². The van der Waals surface area contributed by atoms with E-state index in [2.05, 4.69) is 5.32 Å². The van der Waals surface area contributed by atoms with Crippen LogP contribution in [0.15, 0.2) is 24.3 Å². The monoisotopic (exact) mass is 294 g/mol. The molecule has 0 radical (unpaired) electrons. The Morgan fingerprint density at radius 2 is 1.90 bits per heavy atom. The molecule has 0 aromatic heterocycles. The highest BCUT2D eigenvalue weighted by Gasteiger charge is 2.27. The van der Waals surface area contributed by atoms with Gasteiger partial charge in [-0.15, -0.1) is 0 Å². The van der Waals surface area contributed by atoms with Crippen molar-refractivity contribution in [2.45, 2.75) is 19.9 Å². The van der Waals surface area contributed by atoms with E-state index >= 15 is 0 Å². The summed E-state index contributed by atoms with van der Waals surface area (Å²) in [5.74, 6) is -2.26. The quantitative estimate of drug-likeness (QED) is 0.706. The molecule has 1 rings (SSSR count). The summed E-state index contributed by atoms with van der Waals surface area (Å²) in [5, 5.41) is 21.3. The molecule has 21 heavy (non-hydrogen) atoms. The molecule has 2 amide bonds. The number of aromatic hydroxyl groups is 1. The first-order valence-electron chi connectivity index (χ1n) is 6.40. The first-order chi connectivity index (χ1) is 9.84. The highest BCUT2D eigenvalue weighted by Crippen LogP contribution is 2.19. The summed E-state index contributed by atoms with van der Waals surface area (Å²) in [6.45, 7) is 2.86. The molecule has 1 unspecified atom stereocenters. The Morgan fingerprint density at radius 1 is 1.29 bits per heavy atom. The standard InChI is InChI=1S/C14H18N2O5/c1-9(14(20)21)16(8-7-15-10(2)17)13(19)11-5-3-4-6-12(11)18/h3-6,9,18H,7-8H2,1-2H3,(H,15,17)(H,20,21). The number of phenolic OH excluding ortho intramolecular Hbond substituents is 1. The Bertz CT molecular complexity index is 544. The Kier molecular flexibility index (Phi) is 5.71. The Balaban J connectivity index is 2.95. The third-order valence-electron chi connectivity index (χ3n) is 2.95. The van der Waals surface area contributed by atoms with Crippen molar-refractivity contribution in [2.75, 3.05) is 13.1 Å². The fraction of sp³-hybridized carbons (Fsp3) is 0.357. The fourth-order valence-electron chi connectivity index (χ4n) is 1.77. The van der Waals surface area contributed by atoms with Crippen molar-refractivity contribution in [3.8, 4) is 5.75 Å². The minimum Gasteiger partial charge on any atom is -0.507 e. The van der Waals surface area contributed by atoms with Crippen LogP contribution in [-0.4, -0.2) is 52.0 Å². The zero-order valence-electron chi connectivity index (χ0n) is 11.9. The van der Waals surface area contributed by atoms with Crippen molar-refractivity contribution in [1.82, 2.24) is 10.2 Å². The summed E-state index contributed by atoms with van der Waals surface area (Å²) >= 11 is 0. The van der Waals surface area contributed by atoms with Gasteiger partial charge in [0.15, 0.2) is 0 Å². The maximum absolute atomic E-state index is 12.4. The molecule has 0 heterocycles. The van der Waals surface area contributed by atoms with Gasteiger partial charge in [0.05, 0.1) is 5.56 Å². The van der Waals surface area contributed by atoms with E-state index < -0.39 is 17.9 Å². The Morgan fingerprint density at radius 3 is 2.43 bits per heavy atom. The molecule has 0 aliphatic heterocycles. The van der Waals surface area contributed by atoms with Crippen LogP contribution in [0.25, 0.3) is 0 Å². The van der Waals surface area contributed by atoms with Crippen LogP contribution in [0.4, 0.5) is 0 Å². The number of aliphatic carboxylic acids is 1. The number of nitrogens with one attached hydrogen (secondary N) is 1. The van der Waals surface area contributed by atoms with Gasteiger partial charge in [-0.25, -0.2) is 4.79 Å². The van der Waals surface area contributed by atoms with Crippen LogP contribution in [0, 0.1) is 0 Å². The number of phenols is 1. The van der Waals surface area contributed by atoms with Crippen LogP contribution in [0.1, 0.15) is 24.2 Å². The minimum absolute atomic E-state index is 0.0217. The van der Waals surface area contributed by atoms with E-state index in [-0.39, 0.29) is 30.3 Å². The van der Waals surface area contributed by atoms with Gasteiger partial charge in [-0.2, -0.15) is 0 Å². The van der Waals surface area contributed by atoms with E-state index in [1.807, 2.05) is 0 Å². The van der Waals surface area contributed by atoms with Gasteiger partial charge < -0.3 is 20.4 Å². The number of hydrogen-bond acceptors (Lipinski definition) is 4. The average Bonchev–Trinajstić information content (AvgIpc) is 2.42. The molecule has 7 nitrogen and oxygen atoms in total. The summed E-state index contributed by atoms with van der Waals surface area (Å²) in [4.78, 5) is 35.4. The normalized spacial score (nSPS) is 11.5. The molecule has 0 aliphatic carbocycles. The van der Waals surface area contributed by atoms with Gasteiger partial charge in [-0.05, 0) is 19.1 Å². The summed E-state index contributed by atoms with van der Waals surface area (Å²) in [6, 6.07) is 4.83. The molecule has 0 fully saturated rings. The topological polar surface area (TPSA) is 107 Å². The van der Waals surface area contributed by atoms with Crippen LogP contribution in [0.5, 0.6) is 5.75 Å². The lowest BCUT2D eigenvalue weighted by Gasteiger charge is -2.27. The molecule has 1 atom stereocenters. The van der Waals surface area contributed by atoms with Gasteiger partial charge in [0.25, 0.3) is 5.91 Å². The van der Waals surface area contributed by atoms with Gasteiger partial charge >= 0.3 is 5.97 Å². The fourth-order valence-corrected chi connectivity index (χ4v) is 1.77. The molecule has 1 aromatic rings. The number of hydrogen-bond donors (Lipinski definition) is 3. The molecular formula is C14H18N2O5. The number of carbonyl (C=O) groups is 3. The molecule has 0 aliphatic rings. The predicted octanol–water partition coefficient (Wildman–Crippen LogP) is 0.444. The third-order valence-corrected chi connectivity index (χ3v) is 2.95. The second-order valence-corrected chi connectivity index (χ2v) is 4.51. The number of carboxylic acid groups (broad SMARTS) is 1. The zero-order valence-corrected chi connectivity index (χ0v) is 11.9. The molecule has 0 spiro atoms. The van der Waals surface area contributed by atoms with E-state index in [9.17, 15) is 19.5 Å². The number of rotatable bonds is 6. The van der Waals surface area contributed by atoms with Gasteiger partial charge in [0.2, 0.25) is 5.91 Å². The molecule has 1 aromatic carbocycles. The second kappa shape index (κ2) is 7.28. The molecule has 114 valence electrons. The third kappa shape index (κ3) is 4.48. The number of nitrogens with zero attached hydrogens (tertiary/aromatic N) is 1. The number of amides is 2. The maximum atomic E-state index is 12.4. The summed E-state index contributed by atoms with van der Waals surface area (Å²) in [7, 11) is 0. The molecule has 0 bridgehead atoms. The Hall–Kier alpha value is -2.57. The Labute approximate surface area is 122 Å². The smallest absolute Gasteiger partial charge is 0.326 e. The van der Waals surface area contributed by atoms with Gasteiger partial charge in [-0.1, -0.05) is 12.1 Å². The first-order valence-corrected chi connectivity index (χ1v) is 6.40. The summed E-state index contributed by atoms with van der Waals surface area (Å²) < 4.78 is 0. The summed E-state index contributed by atoms with van der Waals surface area (Å²) in [6.07, 6.45) is 0. The lowest BCUT2D eigenvalue weighted by molar-refractivity contribution is -0.141. The number of para-hydroxylation sites is 1. The van der Waals surface area contributed by atoms with Crippen LogP contribution in [-0.2, 0) is 9.59 Å². The SMILES string of the molecule is CC(=O)NCCN(C(=O)c1ccccc1O)C(C)C(=O)O. The molecule has 7 heteroatoms. The van der Waals surface area contributed by atoms with E-state index in [0.29, 0.717) is 0 Å². The van der Waals surface area contributed by atoms with Crippen LogP contribution < -0.4 is 5.32 Å². The number of carbonyl (C=O) groups excluding carboxylic acids is 2. The van der Waals surface area contributed by atoms with E-state index in [1.165, 1.54) is 26.0 Å². The van der Waals surface area contributed by atoms with E-state index in [0.717, 1.165) is 4.90 Å². The van der Waals surface area contributed by atoms with Crippen molar-refractivity contribution in [2.24, 2.45) is 0 Å². The highest BCUT2D eigenvalue weighted by molar-refractivity contribution is 5.98. The van der Waals surface area contributed by atoms with Gasteiger partial charge in [0, 0.05) is 20.0 Å². The van der Waals surface area contributed by atoms with Crippen LogP contribution >= 0.6 is 0 Å². The first kappa shape index (κ1) is 16.5. The number of benzene rings is 1. The number of carboxylic acids is 1. The second-order valence-electron chi connectivity index (χ2n) is 4.51. The lowest BCUT2D eigenvalue weighted by atomic mass is 10.1. The molecule has 0 saturated heterocycles.